The highest BCUT2D eigenvalue weighted by Gasteiger charge is 2.28. The lowest BCUT2D eigenvalue weighted by Crippen LogP contribution is -2.41. The van der Waals surface area contributed by atoms with Crippen molar-refractivity contribution in [2.24, 2.45) is 11.8 Å². The number of aromatic nitrogens is 1. The lowest BCUT2D eigenvalue weighted by molar-refractivity contribution is -0.125. The van der Waals surface area contributed by atoms with E-state index >= 15 is 0 Å². The summed E-state index contributed by atoms with van der Waals surface area (Å²) in [6.07, 6.45) is 7.13. The first-order valence-electron chi connectivity index (χ1n) is 12.1. The summed E-state index contributed by atoms with van der Waals surface area (Å²) in [4.78, 5) is 25.6. The first kappa shape index (κ1) is 25.7. The minimum absolute atomic E-state index is 0.249. The van der Waals surface area contributed by atoms with E-state index in [1.165, 1.54) is 24.8 Å². The largest absolute Gasteiger partial charge is 0.503 e. The predicted octanol–water partition coefficient (Wildman–Crippen LogP) is 5.56. The molecule has 2 atom stereocenters. The van der Waals surface area contributed by atoms with Crippen LogP contribution in [0.3, 0.4) is 0 Å². The van der Waals surface area contributed by atoms with Gasteiger partial charge in [-0.2, -0.15) is 0 Å². The van der Waals surface area contributed by atoms with E-state index in [-0.39, 0.29) is 11.8 Å². The summed E-state index contributed by atoms with van der Waals surface area (Å²) >= 11 is 0. The number of hydrogen-bond donors (Lipinski definition) is 3. The first-order chi connectivity index (χ1) is 16.3. The number of aryl methyl sites for hydroxylation is 2. The van der Waals surface area contributed by atoms with Gasteiger partial charge < -0.3 is 24.7 Å². The van der Waals surface area contributed by atoms with Crippen molar-refractivity contribution in [2.75, 3.05) is 6.61 Å². The molecule has 0 aliphatic heterocycles. The molecular formula is C26H36N2O6. The number of nitrogens with zero attached hydrogens (tertiary/aromatic N) is 1. The molecule has 2 aliphatic carbocycles. The van der Waals surface area contributed by atoms with Crippen LogP contribution in [0.1, 0.15) is 68.4 Å². The number of rotatable bonds is 7. The third-order valence-electron chi connectivity index (χ3n) is 6.61. The molecule has 2 fully saturated rings. The molecule has 1 aromatic heterocycles. The average Bonchev–Trinajstić information content (AvgIpc) is 3.44. The van der Waals surface area contributed by atoms with Gasteiger partial charge in [-0.25, -0.2) is 9.78 Å². The number of benzene rings is 1. The van der Waals surface area contributed by atoms with Crippen molar-refractivity contribution in [3.8, 4) is 11.5 Å². The van der Waals surface area contributed by atoms with E-state index in [2.05, 4.69) is 29.4 Å². The summed E-state index contributed by atoms with van der Waals surface area (Å²) in [5.74, 6) is 2.50. The Balaban J connectivity index is 0.000000751. The number of ether oxygens (including phenoxy) is 1. The quantitative estimate of drug-likeness (QED) is 0.482. The van der Waals surface area contributed by atoms with E-state index < -0.39 is 6.16 Å². The van der Waals surface area contributed by atoms with Crippen LogP contribution in [0.4, 0.5) is 4.79 Å². The summed E-state index contributed by atoms with van der Waals surface area (Å²) < 4.78 is 11.9. The Bertz CT molecular complexity index is 947. The molecule has 1 aromatic carbocycles. The molecule has 3 N–H and O–H groups in total. The van der Waals surface area contributed by atoms with Gasteiger partial charge in [-0.1, -0.05) is 37.0 Å². The maximum Gasteiger partial charge on any atom is 0.503 e. The molecule has 0 radical (unpaired) electrons. The van der Waals surface area contributed by atoms with Gasteiger partial charge >= 0.3 is 6.16 Å². The monoisotopic (exact) mass is 472 g/mol. The second-order valence-corrected chi connectivity index (χ2v) is 9.41. The van der Waals surface area contributed by atoms with Crippen molar-refractivity contribution in [3.63, 3.8) is 0 Å². The van der Waals surface area contributed by atoms with E-state index in [0.29, 0.717) is 31.1 Å². The van der Waals surface area contributed by atoms with Crippen LogP contribution in [0, 0.1) is 25.7 Å². The Morgan fingerprint density at radius 3 is 2.56 bits per heavy atom. The van der Waals surface area contributed by atoms with Gasteiger partial charge in [-0.05, 0) is 64.0 Å². The van der Waals surface area contributed by atoms with Gasteiger partial charge in [-0.3, -0.25) is 4.79 Å². The third-order valence-corrected chi connectivity index (χ3v) is 6.61. The second-order valence-electron chi connectivity index (χ2n) is 9.41. The van der Waals surface area contributed by atoms with Gasteiger partial charge in [0.1, 0.15) is 11.5 Å². The zero-order chi connectivity index (χ0) is 24.5. The lowest BCUT2D eigenvalue weighted by atomic mass is 9.86. The van der Waals surface area contributed by atoms with Crippen molar-refractivity contribution in [3.05, 3.63) is 41.3 Å². The maximum absolute atomic E-state index is 12.4. The van der Waals surface area contributed by atoms with Crippen LogP contribution in [0.5, 0.6) is 0 Å². The second kappa shape index (κ2) is 12.6. The molecule has 4 rings (SSSR count). The van der Waals surface area contributed by atoms with Crippen LogP contribution in [-0.4, -0.2) is 39.9 Å². The molecule has 8 heteroatoms. The normalized spacial score (nSPS) is 20.4. The number of oxazole rings is 1. The number of nitrogens with one attached hydrogen (secondary N) is 1. The maximum atomic E-state index is 12.4. The van der Waals surface area contributed by atoms with Gasteiger partial charge in [0.05, 0.1) is 6.61 Å². The predicted molar refractivity (Wildman–Crippen MR) is 128 cm³/mol. The molecular weight excluding hydrogens is 436 g/mol. The Morgan fingerprint density at radius 2 is 1.85 bits per heavy atom. The van der Waals surface area contributed by atoms with E-state index in [1.807, 2.05) is 19.1 Å². The van der Waals surface area contributed by atoms with E-state index in [9.17, 15) is 4.79 Å². The number of hydrogen-bond acceptors (Lipinski definition) is 5. The van der Waals surface area contributed by atoms with Crippen molar-refractivity contribution >= 4 is 12.1 Å². The molecule has 186 valence electrons. The molecule has 2 aromatic rings. The number of carbonyl (C=O) groups excluding carboxylic acids is 1. The molecule has 1 heterocycles. The number of carbonyl (C=O) groups is 2. The van der Waals surface area contributed by atoms with Gasteiger partial charge in [0, 0.05) is 24.1 Å². The zero-order valence-electron chi connectivity index (χ0n) is 20.1. The van der Waals surface area contributed by atoms with Crippen molar-refractivity contribution in [1.29, 1.82) is 0 Å². The smallest absolute Gasteiger partial charge is 0.450 e. The van der Waals surface area contributed by atoms with Crippen LogP contribution < -0.4 is 5.32 Å². The van der Waals surface area contributed by atoms with E-state index in [4.69, 9.17) is 24.2 Å². The third kappa shape index (κ3) is 7.87. The van der Waals surface area contributed by atoms with Crippen molar-refractivity contribution < 1.29 is 29.0 Å². The molecule has 2 unspecified atom stereocenters. The minimum atomic E-state index is -1.83. The van der Waals surface area contributed by atoms with Gasteiger partial charge in [0.15, 0.2) is 0 Å². The fourth-order valence-electron chi connectivity index (χ4n) is 4.87. The molecule has 0 bridgehead atoms. The SMILES string of the molecule is Cc1cccc(-c2nc(COCC3CCCC(NC(=O)C4CCCC4)C3)c(C)o2)c1.O=C(O)O. The fraction of sp³-hybridized carbons (Fsp3) is 0.577. The van der Waals surface area contributed by atoms with Gasteiger partial charge in [-0.15, -0.1) is 0 Å². The summed E-state index contributed by atoms with van der Waals surface area (Å²) in [6.45, 7) is 5.19. The van der Waals surface area contributed by atoms with Crippen LogP contribution in [0.15, 0.2) is 28.7 Å². The van der Waals surface area contributed by atoms with Crippen molar-refractivity contribution in [1.82, 2.24) is 10.3 Å². The summed E-state index contributed by atoms with van der Waals surface area (Å²) in [7, 11) is 0. The summed E-state index contributed by atoms with van der Waals surface area (Å²) in [5.41, 5.74) is 3.05. The van der Waals surface area contributed by atoms with Gasteiger partial charge in [0.2, 0.25) is 11.8 Å². The number of amides is 1. The van der Waals surface area contributed by atoms with Crippen LogP contribution >= 0.6 is 0 Å². The zero-order valence-corrected chi connectivity index (χ0v) is 20.1. The minimum Gasteiger partial charge on any atom is -0.450 e. The molecule has 34 heavy (non-hydrogen) atoms. The Kier molecular flexibility index (Phi) is 9.51. The lowest BCUT2D eigenvalue weighted by Gasteiger charge is -2.30. The highest BCUT2D eigenvalue weighted by Crippen LogP contribution is 2.28. The topological polar surface area (TPSA) is 122 Å². The van der Waals surface area contributed by atoms with E-state index in [1.54, 1.807) is 0 Å². The van der Waals surface area contributed by atoms with Crippen LogP contribution in [0.25, 0.3) is 11.5 Å². The standard InChI is InChI=1S/C25H34N2O3.CH2O3/c1-17-7-5-11-21(13-17)25-27-23(18(2)30-25)16-29-15-19-8-6-12-22(14-19)26-24(28)20-9-3-4-10-20;2-1(3)4/h5,7,11,13,19-20,22H,3-4,6,8-10,12,14-16H2,1-2H3,(H,26,28);(H2,2,3,4). The molecule has 2 aliphatic rings. The Morgan fingerprint density at radius 1 is 1.12 bits per heavy atom. The Labute approximate surface area is 200 Å². The first-order valence-corrected chi connectivity index (χ1v) is 12.1. The van der Waals surface area contributed by atoms with Gasteiger partial charge in [0.25, 0.3) is 0 Å². The molecule has 8 nitrogen and oxygen atoms in total. The van der Waals surface area contributed by atoms with Crippen molar-refractivity contribution in [2.45, 2.75) is 77.9 Å². The summed E-state index contributed by atoms with van der Waals surface area (Å²) in [6, 6.07) is 8.49. The molecule has 0 saturated heterocycles. The molecule has 2 saturated carbocycles. The number of carboxylic acid groups (broad SMARTS) is 2. The fourth-order valence-corrected chi connectivity index (χ4v) is 4.87. The highest BCUT2D eigenvalue weighted by molar-refractivity contribution is 5.79. The van der Waals surface area contributed by atoms with E-state index in [0.717, 1.165) is 49.1 Å². The molecule has 1 amide bonds. The van der Waals surface area contributed by atoms with Crippen LogP contribution in [0.2, 0.25) is 0 Å². The Hall–Kier alpha value is -2.87. The molecule has 0 spiro atoms. The average molecular weight is 473 g/mol. The highest BCUT2D eigenvalue weighted by atomic mass is 16.6. The summed E-state index contributed by atoms with van der Waals surface area (Å²) in [5, 5.41) is 17.3. The van der Waals surface area contributed by atoms with Crippen LogP contribution in [-0.2, 0) is 16.1 Å².